The van der Waals surface area contributed by atoms with Gasteiger partial charge in [-0.1, -0.05) is 12.1 Å². The summed E-state index contributed by atoms with van der Waals surface area (Å²) < 4.78 is 0. The van der Waals surface area contributed by atoms with Gasteiger partial charge >= 0.3 is 0 Å². The lowest BCUT2D eigenvalue weighted by molar-refractivity contribution is -0.137. The zero-order valence-electron chi connectivity index (χ0n) is 16.5. The van der Waals surface area contributed by atoms with Gasteiger partial charge in [-0.3, -0.25) is 33.9 Å². The number of carbonyl (C=O) groups is 5. The Bertz CT molecular complexity index is 1090. The molecule has 7 nitrogen and oxygen atoms in total. The molecule has 0 unspecified atom stereocenters. The zero-order chi connectivity index (χ0) is 21.5. The lowest BCUT2D eigenvalue weighted by Gasteiger charge is -2.38. The summed E-state index contributed by atoms with van der Waals surface area (Å²) in [6.07, 6.45) is 2.22. The molecule has 0 N–H and O–H groups in total. The molecule has 0 spiro atoms. The Hall–Kier alpha value is -3.48. The maximum Gasteiger partial charge on any atom is 0.262 e. The molecule has 0 radical (unpaired) electrons. The highest BCUT2D eigenvalue weighted by atomic mass is 16.2. The minimum atomic E-state index is -1.31. The van der Waals surface area contributed by atoms with Gasteiger partial charge in [-0.15, -0.1) is 0 Å². The molecule has 30 heavy (non-hydrogen) atoms. The molecule has 2 aliphatic rings. The molecule has 152 valence electrons. The fourth-order valence-electron chi connectivity index (χ4n) is 4.02. The number of pyridine rings is 1. The quantitative estimate of drug-likeness (QED) is 0.431. The number of ketones is 3. The highest BCUT2D eigenvalue weighted by molar-refractivity contribution is 6.24. The molecule has 1 aromatic heterocycles. The van der Waals surface area contributed by atoms with Gasteiger partial charge in [0, 0.05) is 19.0 Å². The summed E-state index contributed by atoms with van der Waals surface area (Å²) in [6, 6.07) is 10.0. The van der Waals surface area contributed by atoms with Gasteiger partial charge in [0.05, 0.1) is 17.5 Å². The maximum absolute atomic E-state index is 13.0. The Morgan fingerprint density at radius 3 is 2.53 bits per heavy atom. The van der Waals surface area contributed by atoms with E-state index in [4.69, 9.17) is 0 Å². The second-order valence-electron chi connectivity index (χ2n) is 7.88. The van der Waals surface area contributed by atoms with Gasteiger partial charge in [-0.2, -0.15) is 0 Å². The summed E-state index contributed by atoms with van der Waals surface area (Å²) in [4.78, 5) is 67.4. The molecule has 2 heterocycles. The van der Waals surface area contributed by atoms with Crippen LogP contribution >= 0.6 is 0 Å². The van der Waals surface area contributed by atoms with E-state index in [0.717, 1.165) is 10.5 Å². The number of nitrogens with zero attached hydrogens (tertiary/aromatic N) is 2. The number of carbonyl (C=O) groups excluding carboxylic acids is 5. The maximum atomic E-state index is 13.0. The van der Waals surface area contributed by atoms with E-state index in [1.54, 1.807) is 49.5 Å². The lowest BCUT2D eigenvalue weighted by Crippen LogP contribution is -2.57. The van der Waals surface area contributed by atoms with E-state index >= 15 is 0 Å². The van der Waals surface area contributed by atoms with E-state index in [1.807, 2.05) is 0 Å². The Morgan fingerprint density at radius 2 is 1.83 bits per heavy atom. The van der Waals surface area contributed by atoms with Crippen molar-refractivity contribution in [3.05, 3.63) is 65.0 Å². The molecule has 1 fully saturated rings. The number of Topliss-reactive ketones (excluding diaryl/α,β-unsaturated/α-hetero) is 3. The van der Waals surface area contributed by atoms with Gasteiger partial charge < -0.3 is 0 Å². The second kappa shape index (κ2) is 7.40. The molecular formula is C23H20N2O5. The number of aryl methyl sites for hydroxylation is 1. The van der Waals surface area contributed by atoms with Crippen LogP contribution in [0.3, 0.4) is 0 Å². The number of imide groups is 1. The first-order valence-electron chi connectivity index (χ1n) is 9.82. The molecule has 0 bridgehead atoms. The number of hydrogen-bond donors (Lipinski definition) is 0. The summed E-state index contributed by atoms with van der Waals surface area (Å²) >= 11 is 0. The molecule has 2 aromatic rings. The van der Waals surface area contributed by atoms with Crippen molar-refractivity contribution in [2.45, 2.75) is 44.6 Å². The van der Waals surface area contributed by atoms with Crippen LogP contribution in [0, 0.1) is 0 Å². The van der Waals surface area contributed by atoms with Gasteiger partial charge in [0.25, 0.3) is 11.8 Å². The minimum Gasteiger partial charge on any atom is -0.299 e. The van der Waals surface area contributed by atoms with Crippen molar-refractivity contribution in [2.75, 3.05) is 0 Å². The topological polar surface area (TPSA) is 101 Å². The SMILES string of the molecule is C[C@]1(N2C(=O)c3ccc(CCC(=O)c4ccccn4)cc3C2=O)CCC(=O)CC1=O. The first kappa shape index (κ1) is 19.8. The predicted octanol–water partition coefficient (Wildman–Crippen LogP) is 2.57. The molecule has 0 saturated heterocycles. The van der Waals surface area contributed by atoms with Crippen LogP contribution in [-0.4, -0.2) is 44.6 Å². The molecule has 1 aliphatic heterocycles. The van der Waals surface area contributed by atoms with Crippen LogP contribution in [0.5, 0.6) is 0 Å². The zero-order valence-corrected chi connectivity index (χ0v) is 16.5. The average molecular weight is 404 g/mol. The highest BCUT2D eigenvalue weighted by Gasteiger charge is 2.52. The molecule has 7 heteroatoms. The number of benzene rings is 1. The van der Waals surface area contributed by atoms with Crippen molar-refractivity contribution in [3.8, 4) is 0 Å². The molecule has 1 saturated carbocycles. The highest BCUT2D eigenvalue weighted by Crippen LogP contribution is 2.36. The third kappa shape index (κ3) is 3.26. The number of amides is 2. The summed E-state index contributed by atoms with van der Waals surface area (Å²) in [7, 11) is 0. The van der Waals surface area contributed by atoms with Crippen molar-refractivity contribution >= 4 is 29.2 Å². The lowest BCUT2D eigenvalue weighted by atomic mass is 9.80. The van der Waals surface area contributed by atoms with Crippen LogP contribution in [0.25, 0.3) is 0 Å². The van der Waals surface area contributed by atoms with Crippen LogP contribution in [0.4, 0.5) is 0 Å². The van der Waals surface area contributed by atoms with Crippen LogP contribution in [0.15, 0.2) is 42.6 Å². The van der Waals surface area contributed by atoms with Crippen molar-refractivity contribution in [2.24, 2.45) is 0 Å². The van der Waals surface area contributed by atoms with Crippen LogP contribution in [-0.2, 0) is 16.0 Å². The largest absolute Gasteiger partial charge is 0.299 e. The van der Waals surface area contributed by atoms with Crippen molar-refractivity contribution in [3.63, 3.8) is 0 Å². The van der Waals surface area contributed by atoms with Crippen LogP contribution in [0.2, 0.25) is 0 Å². The van der Waals surface area contributed by atoms with E-state index in [0.29, 0.717) is 12.1 Å². The Kier molecular flexibility index (Phi) is 4.89. The Morgan fingerprint density at radius 1 is 1.07 bits per heavy atom. The normalized spacial score (nSPS) is 21.2. The van der Waals surface area contributed by atoms with Crippen molar-refractivity contribution < 1.29 is 24.0 Å². The van der Waals surface area contributed by atoms with Crippen LogP contribution < -0.4 is 0 Å². The standard InChI is InChI=1S/C23H20N2O5/c1-23(10-9-15(26)13-20(23)28)25-21(29)16-7-5-14(12-17(16)22(25)30)6-8-19(27)18-4-2-3-11-24-18/h2-5,7,11-12H,6,8-10,13H2,1H3/t23-/m0/s1. The van der Waals surface area contributed by atoms with Gasteiger partial charge in [0.15, 0.2) is 11.6 Å². The van der Waals surface area contributed by atoms with Crippen LogP contribution in [0.1, 0.15) is 69.4 Å². The molecule has 1 aliphatic carbocycles. The number of aromatic nitrogens is 1. The summed E-state index contributed by atoms with van der Waals surface area (Å²) in [5, 5.41) is 0. The molecule has 2 amide bonds. The van der Waals surface area contributed by atoms with E-state index in [-0.39, 0.29) is 48.4 Å². The van der Waals surface area contributed by atoms with E-state index in [9.17, 15) is 24.0 Å². The Balaban J connectivity index is 1.54. The summed E-state index contributed by atoms with van der Waals surface area (Å²) in [5.74, 6) is -1.73. The Labute approximate surface area is 173 Å². The summed E-state index contributed by atoms with van der Waals surface area (Å²) in [6.45, 7) is 1.55. The third-order valence-electron chi connectivity index (χ3n) is 5.88. The summed E-state index contributed by atoms with van der Waals surface area (Å²) in [5.41, 5.74) is 0.293. The predicted molar refractivity (Wildman–Crippen MR) is 106 cm³/mol. The first-order valence-corrected chi connectivity index (χ1v) is 9.82. The molecule has 1 atom stereocenters. The average Bonchev–Trinajstić information content (AvgIpc) is 3.00. The second-order valence-corrected chi connectivity index (χ2v) is 7.88. The molecule has 4 rings (SSSR count). The molecular weight excluding hydrogens is 384 g/mol. The monoisotopic (exact) mass is 404 g/mol. The minimum absolute atomic E-state index is 0.106. The fourth-order valence-corrected chi connectivity index (χ4v) is 4.02. The van der Waals surface area contributed by atoms with E-state index in [1.165, 1.54) is 0 Å². The van der Waals surface area contributed by atoms with Gasteiger partial charge in [0.2, 0.25) is 0 Å². The van der Waals surface area contributed by atoms with Crippen molar-refractivity contribution in [1.82, 2.24) is 9.88 Å². The van der Waals surface area contributed by atoms with Gasteiger partial charge in [0.1, 0.15) is 17.0 Å². The van der Waals surface area contributed by atoms with Crippen molar-refractivity contribution in [1.29, 1.82) is 0 Å². The number of rotatable bonds is 5. The van der Waals surface area contributed by atoms with E-state index in [2.05, 4.69) is 4.98 Å². The number of fused-ring (bicyclic) bond motifs is 1. The third-order valence-corrected chi connectivity index (χ3v) is 5.88. The molecule has 1 aromatic carbocycles. The number of hydrogen-bond acceptors (Lipinski definition) is 6. The fraction of sp³-hybridized carbons (Fsp3) is 0.304. The van der Waals surface area contributed by atoms with Gasteiger partial charge in [-0.25, -0.2) is 0 Å². The first-order chi connectivity index (χ1) is 14.3. The smallest absolute Gasteiger partial charge is 0.262 e. The van der Waals surface area contributed by atoms with Gasteiger partial charge in [-0.05, 0) is 49.6 Å². The van der Waals surface area contributed by atoms with E-state index < -0.39 is 23.1 Å².